The minimum Gasteiger partial charge on any atom is -0.465 e. The van der Waals surface area contributed by atoms with Crippen molar-refractivity contribution in [3.8, 4) is 0 Å². The third kappa shape index (κ3) is 3.15. The molecule has 1 aliphatic carbocycles. The maximum absolute atomic E-state index is 11.2. The monoisotopic (exact) mass is 389 g/mol. The number of aryl methyl sites for hydroxylation is 1. The Kier molecular flexibility index (Phi) is 4.49. The fourth-order valence-electron chi connectivity index (χ4n) is 6.22. The van der Waals surface area contributed by atoms with E-state index in [1.54, 1.807) is 4.90 Å². The summed E-state index contributed by atoms with van der Waals surface area (Å²) in [6, 6.07) is 1.90. The van der Waals surface area contributed by atoms with Crippen LogP contribution < -0.4 is 4.90 Å². The van der Waals surface area contributed by atoms with Gasteiger partial charge in [0.1, 0.15) is 0 Å². The SMILES string of the molecule is Cc1nnc(N2CCC[C@H]2C2CCN(C3CC4(CCN(C(=O)O)C4)C3)CC2)o1. The average molecular weight is 390 g/mol. The van der Waals surface area contributed by atoms with E-state index in [-0.39, 0.29) is 5.41 Å². The van der Waals surface area contributed by atoms with Crippen LogP contribution in [0.5, 0.6) is 0 Å². The molecule has 1 atom stereocenters. The summed E-state index contributed by atoms with van der Waals surface area (Å²) in [5.41, 5.74) is 0.276. The summed E-state index contributed by atoms with van der Waals surface area (Å²) >= 11 is 0. The molecule has 4 aliphatic rings. The first kappa shape index (κ1) is 18.2. The molecule has 4 heterocycles. The van der Waals surface area contributed by atoms with Crippen LogP contribution in [0.1, 0.15) is 50.8 Å². The molecule has 3 aliphatic heterocycles. The number of hydrogen-bond donors (Lipinski definition) is 1. The molecule has 28 heavy (non-hydrogen) atoms. The van der Waals surface area contributed by atoms with Gasteiger partial charge in [0.05, 0.1) is 0 Å². The molecule has 1 N–H and O–H groups in total. The van der Waals surface area contributed by atoms with E-state index in [1.165, 1.54) is 51.6 Å². The Morgan fingerprint density at radius 3 is 2.57 bits per heavy atom. The Bertz CT molecular complexity index is 723. The van der Waals surface area contributed by atoms with Crippen molar-refractivity contribution in [3.05, 3.63) is 5.89 Å². The lowest BCUT2D eigenvalue weighted by Gasteiger charge is -2.52. The van der Waals surface area contributed by atoms with Gasteiger partial charge in [0.25, 0.3) is 0 Å². The molecule has 0 aromatic carbocycles. The maximum atomic E-state index is 11.2. The quantitative estimate of drug-likeness (QED) is 0.850. The molecule has 0 bridgehead atoms. The Labute approximate surface area is 165 Å². The van der Waals surface area contributed by atoms with Gasteiger partial charge in [-0.15, -0.1) is 5.10 Å². The molecular formula is C20H31N5O3. The number of carbonyl (C=O) groups is 1. The molecule has 3 saturated heterocycles. The first-order valence-corrected chi connectivity index (χ1v) is 10.8. The first-order valence-electron chi connectivity index (χ1n) is 10.8. The van der Waals surface area contributed by atoms with Crippen molar-refractivity contribution >= 4 is 12.1 Å². The van der Waals surface area contributed by atoms with Crippen LogP contribution in [0.4, 0.5) is 10.8 Å². The zero-order chi connectivity index (χ0) is 19.3. The molecule has 8 nitrogen and oxygen atoms in total. The molecule has 0 radical (unpaired) electrons. The maximum Gasteiger partial charge on any atom is 0.407 e. The number of likely N-dealkylation sites (tertiary alicyclic amines) is 2. The minimum absolute atomic E-state index is 0.276. The number of rotatable bonds is 3. The van der Waals surface area contributed by atoms with Crippen molar-refractivity contribution < 1.29 is 14.3 Å². The standard InChI is InChI=1S/C20H31N5O3/c1-14-21-22-18(28-14)25-7-2-3-17(25)15-4-8-23(9-5-15)16-11-20(12-16)6-10-24(13-20)19(26)27/h15-17H,2-13H2,1H3,(H,26,27)/t16?,17-,20?/m0/s1. The molecule has 1 aromatic rings. The molecule has 1 saturated carbocycles. The highest BCUT2D eigenvalue weighted by Crippen LogP contribution is 2.50. The Morgan fingerprint density at radius 1 is 1.14 bits per heavy atom. The van der Waals surface area contributed by atoms with E-state index in [1.807, 2.05) is 6.92 Å². The van der Waals surface area contributed by atoms with Gasteiger partial charge in [0, 0.05) is 38.6 Å². The van der Waals surface area contributed by atoms with Gasteiger partial charge >= 0.3 is 12.1 Å². The van der Waals surface area contributed by atoms with Crippen molar-refractivity contribution in [3.63, 3.8) is 0 Å². The lowest BCUT2D eigenvalue weighted by atomic mass is 9.64. The largest absolute Gasteiger partial charge is 0.465 e. The lowest BCUT2D eigenvalue weighted by Crippen LogP contribution is -2.55. The van der Waals surface area contributed by atoms with Gasteiger partial charge in [-0.2, -0.15) is 0 Å². The smallest absolute Gasteiger partial charge is 0.407 e. The number of aromatic nitrogens is 2. The fourth-order valence-corrected chi connectivity index (χ4v) is 6.22. The number of hydrogen-bond acceptors (Lipinski definition) is 6. The van der Waals surface area contributed by atoms with E-state index >= 15 is 0 Å². The third-order valence-electron chi connectivity index (χ3n) is 7.74. The number of nitrogens with zero attached hydrogens (tertiary/aromatic N) is 5. The molecule has 154 valence electrons. The van der Waals surface area contributed by atoms with Crippen LogP contribution >= 0.6 is 0 Å². The van der Waals surface area contributed by atoms with E-state index < -0.39 is 6.09 Å². The van der Waals surface area contributed by atoms with E-state index in [4.69, 9.17) is 4.42 Å². The summed E-state index contributed by atoms with van der Waals surface area (Å²) in [6.45, 7) is 6.68. The van der Waals surface area contributed by atoms with E-state index in [0.717, 1.165) is 26.1 Å². The summed E-state index contributed by atoms with van der Waals surface area (Å²) in [5.74, 6) is 1.34. The molecule has 1 aromatic heterocycles. The zero-order valence-corrected chi connectivity index (χ0v) is 16.7. The fraction of sp³-hybridized carbons (Fsp3) is 0.850. The second kappa shape index (κ2) is 6.90. The van der Waals surface area contributed by atoms with Gasteiger partial charge in [-0.3, -0.25) is 0 Å². The minimum atomic E-state index is -0.751. The highest BCUT2D eigenvalue weighted by atomic mass is 16.4. The Morgan fingerprint density at radius 2 is 1.93 bits per heavy atom. The van der Waals surface area contributed by atoms with Crippen LogP contribution in [0.3, 0.4) is 0 Å². The second-order valence-corrected chi connectivity index (χ2v) is 9.40. The number of amides is 1. The molecular weight excluding hydrogens is 358 g/mol. The van der Waals surface area contributed by atoms with Crippen LogP contribution in [0.15, 0.2) is 4.42 Å². The molecule has 5 rings (SSSR count). The summed E-state index contributed by atoms with van der Waals surface area (Å²) in [7, 11) is 0. The van der Waals surface area contributed by atoms with Crippen LogP contribution in [0.25, 0.3) is 0 Å². The summed E-state index contributed by atoms with van der Waals surface area (Å²) in [5, 5.41) is 17.5. The van der Waals surface area contributed by atoms with Gasteiger partial charge in [-0.1, -0.05) is 5.10 Å². The predicted octanol–water partition coefficient (Wildman–Crippen LogP) is 2.59. The second-order valence-electron chi connectivity index (χ2n) is 9.40. The van der Waals surface area contributed by atoms with Crippen molar-refractivity contribution in [1.82, 2.24) is 20.0 Å². The van der Waals surface area contributed by atoms with Crippen LogP contribution in [-0.4, -0.2) is 76.0 Å². The van der Waals surface area contributed by atoms with Crippen LogP contribution in [-0.2, 0) is 0 Å². The Hall–Kier alpha value is -1.83. The van der Waals surface area contributed by atoms with Crippen LogP contribution in [0, 0.1) is 18.3 Å². The van der Waals surface area contributed by atoms with Crippen LogP contribution in [0.2, 0.25) is 0 Å². The molecule has 4 fully saturated rings. The van der Waals surface area contributed by atoms with Gasteiger partial charge in [0.15, 0.2) is 0 Å². The van der Waals surface area contributed by atoms with E-state index in [2.05, 4.69) is 20.0 Å². The number of piperidine rings is 1. The molecule has 8 heteroatoms. The number of anilines is 1. The Balaban J connectivity index is 1.13. The zero-order valence-electron chi connectivity index (χ0n) is 16.7. The van der Waals surface area contributed by atoms with Crippen molar-refractivity contribution in [2.75, 3.05) is 37.6 Å². The average Bonchev–Trinajstić information content (AvgIpc) is 3.39. The van der Waals surface area contributed by atoms with Gasteiger partial charge in [-0.25, -0.2) is 4.79 Å². The van der Waals surface area contributed by atoms with Gasteiger partial charge in [0.2, 0.25) is 5.89 Å². The summed E-state index contributed by atoms with van der Waals surface area (Å²) in [4.78, 5) is 17.8. The van der Waals surface area contributed by atoms with Crippen molar-refractivity contribution in [2.24, 2.45) is 11.3 Å². The highest BCUT2D eigenvalue weighted by molar-refractivity contribution is 5.65. The number of carboxylic acid groups (broad SMARTS) is 1. The van der Waals surface area contributed by atoms with Gasteiger partial charge in [-0.05, 0) is 69.4 Å². The third-order valence-corrected chi connectivity index (χ3v) is 7.74. The predicted molar refractivity (Wildman–Crippen MR) is 103 cm³/mol. The van der Waals surface area contributed by atoms with Gasteiger partial charge < -0.3 is 24.2 Å². The van der Waals surface area contributed by atoms with Crippen molar-refractivity contribution in [1.29, 1.82) is 0 Å². The van der Waals surface area contributed by atoms with Crippen molar-refractivity contribution in [2.45, 2.75) is 64.0 Å². The highest BCUT2D eigenvalue weighted by Gasteiger charge is 2.51. The molecule has 1 spiro atoms. The van der Waals surface area contributed by atoms with E-state index in [0.29, 0.717) is 29.9 Å². The lowest BCUT2D eigenvalue weighted by molar-refractivity contribution is -0.0103. The first-order chi connectivity index (χ1) is 13.5. The normalized spacial score (nSPS) is 34.3. The topological polar surface area (TPSA) is 85.9 Å². The molecule has 1 amide bonds. The molecule has 0 unspecified atom stereocenters. The van der Waals surface area contributed by atoms with E-state index in [9.17, 15) is 9.90 Å². The summed E-state index contributed by atoms with van der Waals surface area (Å²) in [6.07, 6.45) is 7.56. The summed E-state index contributed by atoms with van der Waals surface area (Å²) < 4.78 is 5.70.